The zero-order valence-corrected chi connectivity index (χ0v) is 16.1. The van der Waals surface area contributed by atoms with Crippen LogP contribution in [0.2, 0.25) is 0 Å². The molecule has 0 unspecified atom stereocenters. The van der Waals surface area contributed by atoms with Gasteiger partial charge in [-0.15, -0.1) is 0 Å². The maximum atomic E-state index is 11.0. The van der Waals surface area contributed by atoms with E-state index in [4.69, 9.17) is 14.8 Å². The Morgan fingerprint density at radius 1 is 1.10 bits per heavy atom. The number of anilines is 1. The van der Waals surface area contributed by atoms with Crippen LogP contribution in [0.1, 0.15) is 5.56 Å². The minimum atomic E-state index is -1.24. The minimum Gasteiger partial charge on any atom is -0.477 e. The van der Waals surface area contributed by atoms with Crippen LogP contribution in [-0.2, 0) is 4.79 Å². The third-order valence-corrected chi connectivity index (χ3v) is 5.23. The van der Waals surface area contributed by atoms with Gasteiger partial charge in [-0.3, -0.25) is 0 Å². The minimum absolute atomic E-state index is 0.310. The number of fused-ring (bicyclic) bond motifs is 1. The number of nitrogens with zero attached hydrogens (tertiary/aromatic N) is 3. The summed E-state index contributed by atoms with van der Waals surface area (Å²) in [7, 11) is 2.14. The Morgan fingerprint density at radius 2 is 1.83 bits per heavy atom. The molecule has 29 heavy (non-hydrogen) atoms. The van der Waals surface area contributed by atoms with Crippen molar-refractivity contribution < 1.29 is 14.3 Å². The molecule has 0 bridgehead atoms. The van der Waals surface area contributed by atoms with Crippen LogP contribution in [-0.4, -0.2) is 49.2 Å². The zero-order chi connectivity index (χ0) is 20.4. The van der Waals surface area contributed by atoms with Crippen LogP contribution in [0.4, 0.5) is 5.69 Å². The highest BCUT2D eigenvalue weighted by Crippen LogP contribution is 2.30. The normalized spacial score (nSPS) is 15.4. The largest absolute Gasteiger partial charge is 0.477 e. The number of hydrogen-bond acceptors (Lipinski definition) is 5. The van der Waals surface area contributed by atoms with Gasteiger partial charge in [-0.05, 0) is 55.1 Å². The summed E-state index contributed by atoms with van der Waals surface area (Å²) in [5.74, 6) is -0.488. The molecular formula is C23H21N3O3. The molecule has 146 valence electrons. The van der Waals surface area contributed by atoms with Crippen LogP contribution in [0.15, 0.2) is 58.5 Å². The molecule has 1 saturated heterocycles. The van der Waals surface area contributed by atoms with E-state index >= 15 is 0 Å². The molecular weight excluding hydrogens is 366 g/mol. The van der Waals surface area contributed by atoms with Gasteiger partial charge >= 0.3 is 5.97 Å². The summed E-state index contributed by atoms with van der Waals surface area (Å²) >= 11 is 0. The lowest BCUT2D eigenvalue weighted by Gasteiger charge is -2.34. The molecule has 2 heterocycles. The van der Waals surface area contributed by atoms with Crippen molar-refractivity contribution in [2.24, 2.45) is 0 Å². The fourth-order valence-electron chi connectivity index (χ4n) is 3.49. The van der Waals surface area contributed by atoms with Crippen LogP contribution in [0, 0.1) is 11.3 Å². The van der Waals surface area contributed by atoms with E-state index in [9.17, 15) is 4.79 Å². The maximum Gasteiger partial charge on any atom is 0.346 e. The first-order chi connectivity index (χ1) is 14.0. The fourth-order valence-corrected chi connectivity index (χ4v) is 3.49. The lowest BCUT2D eigenvalue weighted by molar-refractivity contribution is -0.132. The highest BCUT2D eigenvalue weighted by molar-refractivity contribution is 5.97. The Labute approximate surface area is 168 Å². The number of likely N-dealkylation sites (N-methyl/N-ethyl adjacent to an activating group) is 1. The number of rotatable bonds is 4. The van der Waals surface area contributed by atoms with Crippen molar-refractivity contribution in [3.8, 4) is 17.4 Å². The van der Waals surface area contributed by atoms with E-state index in [0.717, 1.165) is 42.9 Å². The Kier molecular flexibility index (Phi) is 5.07. The van der Waals surface area contributed by atoms with Gasteiger partial charge in [0.1, 0.15) is 23.0 Å². The Hall–Kier alpha value is -3.56. The second-order valence-corrected chi connectivity index (χ2v) is 7.22. The van der Waals surface area contributed by atoms with Gasteiger partial charge in [0.25, 0.3) is 0 Å². The predicted molar refractivity (Wildman–Crippen MR) is 113 cm³/mol. The predicted octanol–water partition coefficient (Wildman–Crippen LogP) is 3.84. The van der Waals surface area contributed by atoms with Crippen molar-refractivity contribution in [1.82, 2.24) is 4.90 Å². The molecule has 6 nitrogen and oxygen atoms in total. The summed E-state index contributed by atoms with van der Waals surface area (Å²) < 4.78 is 5.99. The van der Waals surface area contributed by atoms with Crippen LogP contribution in [0.3, 0.4) is 0 Å². The molecule has 4 rings (SSSR count). The molecule has 0 saturated carbocycles. The average molecular weight is 387 g/mol. The molecule has 6 heteroatoms. The van der Waals surface area contributed by atoms with Crippen LogP contribution in [0.5, 0.6) is 0 Å². The third kappa shape index (κ3) is 4.00. The van der Waals surface area contributed by atoms with E-state index in [1.54, 1.807) is 18.2 Å². The van der Waals surface area contributed by atoms with Crippen LogP contribution >= 0.6 is 0 Å². The molecule has 3 aromatic rings. The summed E-state index contributed by atoms with van der Waals surface area (Å²) in [4.78, 5) is 15.7. The molecule has 2 aromatic carbocycles. The first-order valence-electron chi connectivity index (χ1n) is 9.46. The van der Waals surface area contributed by atoms with Gasteiger partial charge in [-0.2, -0.15) is 5.26 Å². The molecule has 1 aliphatic heterocycles. The van der Waals surface area contributed by atoms with E-state index in [1.807, 2.05) is 12.1 Å². The molecule has 1 aromatic heterocycles. The number of hydrogen-bond donors (Lipinski definition) is 1. The van der Waals surface area contributed by atoms with Gasteiger partial charge in [0.2, 0.25) is 0 Å². The van der Waals surface area contributed by atoms with Gasteiger partial charge < -0.3 is 19.3 Å². The number of nitriles is 1. The van der Waals surface area contributed by atoms with Crippen molar-refractivity contribution >= 4 is 28.7 Å². The van der Waals surface area contributed by atoms with Crippen molar-refractivity contribution in [3.05, 3.63) is 59.7 Å². The Bertz CT molecular complexity index is 1110. The first-order valence-corrected chi connectivity index (χ1v) is 9.46. The van der Waals surface area contributed by atoms with Gasteiger partial charge in [0.15, 0.2) is 0 Å². The number of carbonyl (C=O) groups is 1. The lowest BCUT2D eigenvalue weighted by Crippen LogP contribution is -2.44. The highest BCUT2D eigenvalue weighted by Gasteiger charge is 2.15. The van der Waals surface area contributed by atoms with Crippen molar-refractivity contribution in [1.29, 1.82) is 5.26 Å². The van der Waals surface area contributed by atoms with Gasteiger partial charge in [-0.1, -0.05) is 12.1 Å². The lowest BCUT2D eigenvalue weighted by atomic mass is 10.1. The number of benzene rings is 2. The number of aliphatic carboxylic acids is 1. The van der Waals surface area contributed by atoms with Crippen LogP contribution in [0.25, 0.3) is 28.4 Å². The number of furan rings is 1. The van der Waals surface area contributed by atoms with E-state index < -0.39 is 5.97 Å². The second-order valence-electron chi connectivity index (χ2n) is 7.22. The van der Waals surface area contributed by atoms with Crippen molar-refractivity contribution in [3.63, 3.8) is 0 Å². The molecule has 1 fully saturated rings. The number of piperazine rings is 1. The Morgan fingerprint density at radius 3 is 2.48 bits per heavy atom. The second kappa shape index (κ2) is 7.82. The quantitative estimate of drug-likeness (QED) is 0.541. The number of carboxylic acid groups (broad SMARTS) is 1. The van der Waals surface area contributed by atoms with Gasteiger partial charge in [0.05, 0.1) is 0 Å². The first kappa shape index (κ1) is 18.8. The summed E-state index contributed by atoms with van der Waals surface area (Å²) in [5, 5.41) is 18.9. The maximum absolute atomic E-state index is 11.0. The smallest absolute Gasteiger partial charge is 0.346 e. The summed E-state index contributed by atoms with van der Waals surface area (Å²) in [5.41, 5.74) is 3.15. The molecule has 0 atom stereocenters. The topological polar surface area (TPSA) is 80.7 Å². The summed E-state index contributed by atoms with van der Waals surface area (Å²) in [6.07, 6.45) is 1.34. The summed E-state index contributed by atoms with van der Waals surface area (Å²) in [6, 6.07) is 17.4. The van der Waals surface area contributed by atoms with E-state index in [2.05, 4.69) is 41.1 Å². The van der Waals surface area contributed by atoms with E-state index in [0.29, 0.717) is 11.1 Å². The molecule has 0 aliphatic carbocycles. The van der Waals surface area contributed by atoms with Gasteiger partial charge in [0, 0.05) is 42.8 Å². The molecule has 0 spiro atoms. The van der Waals surface area contributed by atoms with Crippen molar-refractivity contribution in [2.45, 2.75) is 0 Å². The standard InChI is InChI=1S/C23H21N3O3/c1-25-8-10-26(11-9-25)20-6-4-17(5-7-20)22-14-18-3-2-16(13-21(18)29-22)12-19(15-24)23(27)28/h2-7,12-14H,8-11H2,1H3,(H,27,28)/b19-12-. The monoisotopic (exact) mass is 387 g/mol. The highest BCUT2D eigenvalue weighted by atomic mass is 16.4. The average Bonchev–Trinajstić information content (AvgIpc) is 3.16. The fraction of sp³-hybridized carbons (Fsp3) is 0.217. The van der Waals surface area contributed by atoms with Crippen molar-refractivity contribution in [2.75, 3.05) is 38.1 Å². The van der Waals surface area contributed by atoms with Gasteiger partial charge in [-0.25, -0.2) is 4.79 Å². The number of carboxylic acids is 1. The SMILES string of the molecule is CN1CCN(c2ccc(-c3cc4ccc(/C=C(/C#N)C(=O)O)cc4o3)cc2)CC1. The third-order valence-electron chi connectivity index (χ3n) is 5.23. The molecule has 1 N–H and O–H groups in total. The van der Waals surface area contributed by atoms with E-state index in [-0.39, 0.29) is 5.57 Å². The molecule has 0 amide bonds. The van der Waals surface area contributed by atoms with Crippen LogP contribution < -0.4 is 4.90 Å². The summed E-state index contributed by atoms with van der Waals surface area (Å²) in [6.45, 7) is 4.19. The van der Waals surface area contributed by atoms with E-state index in [1.165, 1.54) is 11.8 Å². The molecule has 0 radical (unpaired) electrons. The Balaban J connectivity index is 1.58. The molecule has 1 aliphatic rings. The zero-order valence-electron chi connectivity index (χ0n) is 16.1.